The smallest absolute Gasteiger partial charge is 0.353 e. The molecular formula is C12H19N5O3. The molecule has 110 valence electrons. The Morgan fingerprint density at radius 1 is 1.60 bits per heavy atom. The molecule has 1 saturated heterocycles. The van der Waals surface area contributed by atoms with E-state index in [9.17, 15) is 15.2 Å². The summed E-state index contributed by atoms with van der Waals surface area (Å²) in [7, 11) is 0. The summed E-state index contributed by atoms with van der Waals surface area (Å²) >= 11 is 0. The van der Waals surface area contributed by atoms with E-state index in [2.05, 4.69) is 15.3 Å². The summed E-state index contributed by atoms with van der Waals surface area (Å²) in [5.41, 5.74) is -0.0838. The van der Waals surface area contributed by atoms with Crippen LogP contribution in [0.5, 0.6) is 0 Å². The number of hydrogen-bond acceptors (Lipinski definition) is 7. The van der Waals surface area contributed by atoms with Gasteiger partial charge in [-0.1, -0.05) is 6.92 Å². The van der Waals surface area contributed by atoms with E-state index in [0.717, 1.165) is 12.8 Å². The van der Waals surface area contributed by atoms with Crippen molar-refractivity contribution in [2.45, 2.75) is 19.8 Å². The SMILES string of the molecule is CCCNc1ncnc(N2CCC(CO)C2)c1[N+](=O)[O-]. The first-order valence-corrected chi connectivity index (χ1v) is 6.76. The van der Waals surface area contributed by atoms with Crippen molar-refractivity contribution in [2.24, 2.45) is 5.92 Å². The molecule has 8 nitrogen and oxygen atoms in total. The van der Waals surface area contributed by atoms with Crippen LogP contribution in [0.15, 0.2) is 6.33 Å². The highest BCUT2D eigenvalue weighted by Gasteiger charge is 2.31. The molecule has 1 aromatic heterocycles. The van der Waals surface area contributed by atoms with Gasteiger partial charge in [-0.15, -0.1) is 0 Å². The van der Waals surface area contributed by atoms with E-state index < -0.39 is 4.92 Å². The average Bonchev–Trinajstić information content (AvgIpc) is 2.93. The number of nitrogens with one attached hydrogen (secondary N) is 1. The van der Waals surface area contributed by atoms with Gasteiger partial charge in [0.05, 0.1) is 4.92 Å². The lowest BCUT2D eigenvalue weighted by atomic mass is 10.1. The van der Waals surface area contributed by atoms with Gasteiger partial charge in [-0.05, 0) is 12.8 Å². The van der Waals surface area contributed by atoms with Crippen molar-refractivity contribution in [3.05, 3.63) is 16.4 Å². The van der Waals surface area contributed by atoms with Gasteiger partial charge in [-0.25, -0.2) is 9.97 Å². The quantitative estimate of drug-likeness (QED) is 0.592. The molecular weight excluding hydrogens is 262 g/mol. The summed E-state index contributed by atoms with van der Waals surface area (Å²) in [6, 6.07) is 0. The van der Waals surface area contributed by atoms with Crippen LogP contribution in [0.25, 0.3) is 0 Å². The third kappa shape index (κ3) is 2.96. The van der Waals surface area contributed by atoms with Crippen molar-refractivity contribution in [2.75, 3.05) is 36.5 Å². The van der Waals surface area contributed by atoms with Crippen LogP contribution in [0, 0.1) is 16.0 Å². The Balaban J connectivity index is 2.30. The normalized spacial score (nSPS) is 18.3. The van der Waals surface area contributed by atoms with Crippen LogP contribution in [0.3, 0.4) is 0 Å². The summed E-state index contributed by atoms with van der Waals surface area (Å²) in [6.45, 7) is 3.94. The van der Waals surface area contributed by atoms with E-state index in [0.29, 0.717) is 25.5 Å². The second kappa shape index (κ2) is 6.47. The van der Waals surface area contributed by atoms with Gasteiger partial charge in [-0.3, -0.25) is 10.1 Å². The fraction of sp³-hybridized carbons (Fsp3) is 0.667. The van der Waals surface area contributed by atoms with Crippen molar-refractivity contribution in [3.8, 4) is 0 Å². The van der Waals surface area contributed by atoms with Gasteiger partial charge in [0.25, 0.3) is 0 Å². The summed E-state index contributed by atoms with van der Waals surface area (Å²) in [6.07, 6.45) is 3.01. The number of rotatable bonds is 6. The largest absolute Gasteiger partial charge is 0.396 e. The van der Waals surface area contributed by atoms with Crippen LogP contribution in [0.4, 0.5) is 17.3 Å². The summed E-state index contributed by atoms with van der Waals surface area (Å²) in [5, 5.41) is 23.5. The van der Waals surface area contributed by atoms with Crippen LogP contribution in [-0.2, 0) is 0 Å². The van der Waals surface area contributed by atoms with Gasteiger partial charge >= 0.3 is 5.69 Å². The van der Waals surface area contributed by atoms with E-state index in [-0.39, 0.29) is 24.0 Å². The number of hydrogen-bond donors (Lipinski definition) is 2. The lowest BCUT2D eigenvalue weighted by Crippen LogP contribution is -2.23. The maximum absolute atomic E-state index is 11.3. The van der Waals surface area contributed by atoms with E-state index in [4.69, 9.17) is 0 Å². The number of aromatic nitrogens is 2. The number of aliphatic hydroxyl groups is 1. The standard InChI is InChI=1S/C12H19N5O3/c1-2-4-13-11-10(17(19)20)12(15-8-14-11)16-5-3-9(6-16)7-18/h8-9,18H,2-7H2,1H3,(H,13,14,15). The van der Waals surface area contributed by atoms with Gasteiger partial charge in [0.2, 0.25) is 11.6 Å². The molecule has 0 amide bonds. The number of nitrogens with zero attached hydrogens (tertiary/aromatic N) is 4. The molecule has 2 N–H and O–H groups in total. The highest BCUT2D eigenvalue weighted by Crippen LogP contribution is 2.34. The molecule has 0 radical (unpaired) electrons. The lowest BCUT2D eigenvalue weighted by Gasteiger charge is -2.17. The first-order chi connectivity index (χ1) is 9.67. The maximum Gasteiger partial charge on any atom is 0.353 e. The van der Waals surface area contributed by atoms with Gasteiger partial charge in [0, 0.05) is 32.2 Å². The highest BCUT2D eigenvalue weighted by molar-refractivity contribution is 5.70. The number of aliphatic hydroxyl groups excluding tert-OH is 1. The monoisotopic (exact) mass is 281 g/mol. The zero-order chi connectivity index (χ0) is 14.5. The van der Waals surface area contributed by atoms with E-state index in [1.807, 2.05) is 11.8 Å². The topological polar surface area (TPSA) is 104 Å². The Morgan fingerprint density at radius 2 is 2.40 bits per heavy atom. The van der Waals surface area contributed by atoms with E-state index >= 15 is 0 Å². The number of anilines is 2. The average molecular weight is 281 g/mol. The Morgan fingerprint density at radius 3 is 3.00 bits per heavy atom. The highest BCUT2D eigenvalue weighted by atomic mass is 16.6. The molecule has 0 aliphatic carbocycles. The molecule has 2 heterocycles. The summed E-state index contributed by atoms with van der Waals surface area (Å²) in [5.74, 6) is 0.741. The van der Waals surface area contributed by atoms with Crippen molar-refractivity contribution >= 4 is 17.3 Å². The zero-order valence-corrected chi connectivity index (χ0v) is 11.4. The first kappa shape index (κ1) is 14.4. The first-order valence-electron chi connectivity index (χ1n) is 6.76. The molecule has 1 aliphatic heterocycles. The third-order valence-corrected chi connectivity index (χ3v) is 3.37. The molecule has 1 atom stereocenters. The molecule has 0 bridgehead atoms. The number of nitro groups is 1. The van der Waals surface area contributed by atoms with E-state index in [1.165, 1.54) is 6.33 Å². The molecule has 1 aliphatic rings. The Kier molecular flexibility index (Phi) is 4.67. The molecule has 1 unspecified atom stereocenters. The minimum Gasteiger partial charge on any atom is -0.396 e. The van der Waals surface area contributed by atoms with Crippen molar-refractivity contribution in [1.29, 1.82) is 0 Å². The maximum atomic E-state index is 11.3. The van der Waals surface area contributed by atoms with Crippen LogP contribution in [0.1, 0.15) is 19.8 Å². The minimum atomic E-state index is -0.445. The van der Waals surface area contributed by atoms with Crippen LogP contribution < -0.4 is 10.2 Å². The Hall–Kier alpha value is -1.96. The molecule has 8 heteroatoms. The molecule has 2 rings (SSSR count). The predicted molar refractivity (Wildman–Crippen MR) is 74.9 cm³/mol. The molecule has 1 aromatic rings. The van der Waals surface area contributed by atoms with Gasteiger partial charge < -0.3 is 15.3 Å². The molecule has 0 aromatic carbocycles. The predicted octanol–water partition coefficient (Wildman–Crippen LogP) is 1.03. The minimum absolute atomic E-state index is 0.0838. The van der Waals surface area contributed by atoms with E-state index in [1.54, 1.807) is 0 Å². The molecule has 1 fully saturated rings. The summed E-state index contributed by atoms with van der Waals surface area (Å²) in [4.78, 5) is 20.8. The van der Waals surface area contributed by atoms with Crippen molar-refractivity contribution < 1.29 is 10.0 Å². The summed E-state index contributed by atoms with van der Waals surface area (Å²) < 4.78 is 0. The molecule has 0 saturated carbocycles. The fourth-order valence-electron chi connectivity index (χ4n) is 2.32. The van der Waals surface area contributed by atoms with Crippen molar-refractivity contribution in [3.63, 3.8) is 0 Å². The van der Waals surface area contributed by atoms with Crippen molar-refractivity contribution in [1.82, 2.24) is 9.97 Å². The third-order valence-electron chi connectivity index (χ3n) is 3.37. The molecule has 20 heavy (non-hydrogen) atoms. The Labute approximate surface area is 117 Å². The Bertz CT molecular complexity index is 482. The van der Waals surface area contributed by atoms with Crippen LogP contribution in [-0.4, -0.2) is 46.2 Å². The second-order valence-corrected chi connectivity index (χ2v) is 4.86. The van der Waals surface area contributed by atoms with Crippen LogP contribution in [0.2, 0.25) is 0 Å². The zero-order valence-electron chi connectivity index (χ0n) is 11.4. The van der Waals surface area contributed by atoms with Gasteiger partial charge in [-0.2, -0.15) is 0 Å². The van der Waals surface area contributed by atoms with Crippen LogP contribution >= 0.6 is 0 Å². The second-order valence-electron chi connectivity index (χ2n) is 4.86. The molecule has 0 spiro atoms. The van der Waals surface area contributed by atoms with Gasteiger partial charge in [0.1, 0.15) is 6.33 Å². The lowest BCUT2D eigenvalue weighted by molar-refractivity contribution is -0.383. The van der Waals surface area contributed by atoms with Gasteiger partial charge in [0.15, 0.2) is 0 Å². The fourth-order valence-corrected chi connectivity index (χ4v) is 2.32.